The van der Waals surface area contributed by atoms with Gasteiger partial charge in [0.1, 0.15) is 5.75 Å². The highest BCUT2D eigenvalue weighted by atomic mass is 35.5. The van der Waals surface area contributed by atoms with Gasteiger partial charge in [0.05, 0.1) is 0 Å². The number of anilines is 1. The van der Waals surface area contributed by atoms with Gasteiger partial charge in [-0.05, 0) is 50.1 Å². The number of nitrogens with one attached hydrogen (secondary N) is 1. The molecular weight excluding hydrogens is 354 g/mol. The van der Waals surface area contributed by atoms with Crippen LogP contribution in [-0.4, -0.2) is 24.1 Å². The lowest BCUT2D eigenvalue weighted by Crippen LogP contribution is -2.36. The van der Waals surface area contributed by atoms with E-state index < -0.39 is 24.1 Å². The van der Waals surface area contributed by atoms with Crippen molar-refractivity contribution in [2.75, 3.05) is 5.32 Å². The van der Waals surface area contributed by atoms with Gasteiger partial charge in [0.25, 0.3) is 5.91 Å². The number of rotatable bonds is 7. The summed E-state index contributed by atoms with van der Waals surface area (Å²) in [5.41, 5.74) is 1.44. The van der Waals surface area contributed by atoms with E-state index in [9.17, 15) is 9.59 Å². The van der Waals surface area contributed by atoms with Crippen molar-refractivity contribution in [2.45, 2.75) is 39.4 Å². The Morgan fingerprint density at radius 2 is 1.85 bits per heavy atom. The minimum Gasteiger partial charge on any atom is -0.479 e. The highest BCUT2D eigenvalue weighted by molar-refractivity contribution is 6.31. The molecule has 0 aromatic heterocycles. The predicted molar refractivity (Wildman–Crippen MR) is 102 cm³/mol. The van der Waals surface area contributed by atoms with Gasteiger partial charge in [-0.25, -0.2) is 4.79 Å². The second kappa shape index (κ2) is 9.25. The van der Waals surface area contributed by atoms with Gasteiger partial charge >= 0.3 is 5.97 Å². The zero-order chi connectivity index (χ0) is 19.1. The Kier molecular flexibility index (Phi) is 7.04. The predicted octanol–water partition coefficient (Wildman–Crippen LogP) is 4.38. The molecule has 1 N–H and O–H groups in total. The number of amides is 1. The fraction of sp³-hybridized carbons (Fsp3) is 0.300. The van der Waals surface area contributed by atoms with E-state index in [1.165, 1.54) is 6.92 Å². The Balaban J connectivity index is 1.96. The van der Waals surface area contributed by atoms with Crippen molar-refractivity contribution in [3.8, 4) is 5.75 Å². The molecule has 26 heavy (non-hydrogen) atoms. The first-order valence-corrected chi connectivity index (χ1v) is 8.77. The monoisotopic (exact) mass is 375 g/mol. The van der Waals surface area contributed by atoms with Crippen LogP contribution >= 0.6 is 11.6 Å². The van der Waals surface area contributed by atoms with Gasteiger partial charge in [0.2, 0.25) is 0 Å². The second-order valence-corrected chi connectivity index (χ2v) is 6.29. The topological polar surface area (TPSA) is 64.6 Å². The van der Waals surface area contributed by atoms with Crippen molar-refractivity contribution in [3.05, 3.63) is 59.1 Å². The molecule has 0 unspecified atom stereocenters. The van der Waals surface area contributed by atoms with Crippen LogP contribution in [0.1, 0.15) is 25.8 Å². The molecule has 5 nitrogen and oxygen atoms in total. The van der Waals surface area contributed by atoms with E-state index in [-0.39, 0.29) is 0 Å². The lowest BCUT2D eigenvalue weighted by Gasteiger charge is -2.20. The SMILES string of the molecule is CC[C@@H](Oc1ccccc1)C(=O)O[C@@H](C)C(=O)Nc1cc(Cl)ccc1C. The van der Waals surface area contributed by atoms with E-state index in [2.05, 4.69) is 5.32 Å². The van der Waals surface area contributed by atoms with Crippen LogP contribution in [-0.2, 0) is 14.3 Å². The summed E-state index contributed by atoms with van der Waals surface area (Å²) in [6.07, 6.45) is -1.31. The molecule has 2 aromatic rings. The van der Waals surface area contributed by atoms with E-state index in [1.807, 2.05) is 32.0 Å². The van der Waals surface area contributed by atoms with Crippen LogP contribution in [0.5, 0.6) is 5.75 Å². The first-order valence-electron chi connectivity index (χ1n) is 8.40. The molecule has 0 saturated heterocycles. The molecule has 0 fully saturated rings. The quantitative estimate of drug-likeness (QED) is 0.729. The van der Waals surface area contributed by atoms with Crippen molar-refractivity contribution < 1.29 is 19.1 Å². The fourth-order valence-electron chi connectivity index (χ4n) is 2.23. The molecule has 0 aliphatic heterocycles. The van der Waals surface area contributed by atoms with Crippen LogP contribution < -0.4 is 10.1 Å². The van der Waals surface area contributed by atoms with E-state index in [0.29, 0.717) is 22.9 Å². The third-order valence-electron chi connectivity index (χ3n) is 3.77. The Labute approximate surface area is 158 Å². The van der Waals surface area contributed by atoms with Crippen molar-refractivity contribution in [1.82, 2.24) is 0 Å². The van der Waals surface area contributed by atoms with E-state index >= 15 is 0 Å². The Bertz CT molecular complexity index is 764. The maximum atomic E-state index is 12.3. The van der Waals surface area contributed by atoms with Crippen LogP contribution in [0.15, 0.2) is 48.5 Å². The molecule has 0 spiro atoms. The summed E-state index contributed by atoms with van der Waals surface area (Å²) < 4.78 is 10.9. The third kappa shape index (κ3) is 5.49. The maximum Gasteiger partial charge on any atom is 0.348 e. The molecule has 0 aliphatic rings. The molecule has 6 heteroatoms. The van der Waals surface area contributed by atoms with Crippen molar-refractivity contribution in [1.29, 1.82) is 0 Å². The average Bonchev–Trinajstić information content (AvgIpc) is 2.63. The van der Waals surface area contributed by atoms with Crippen LogP contribution in [0.25, 0.3) is 0 Å². The minimum atomic E-state index is -0.964. The van der Waals surface area contributed by atoms with Crippen LogP contribution in [0, 0.1) is 6.92 Å². The van der Waals surface area contributed by atoms with Gasteiger partial charge in [-0.2, -0.15) is 0 Å². The molecule has 138 valence electrons. The zero-order valence-electron chi connectivity index (χ0n) is 15.0. The summed E-state index contributed by atoms with van der Waals surface area (Å²) in [5.74, 6) is -0.442. The molecule has 2 atom stereocenters. The fourth-order valence-corrected chi connectivity index (χ4v) is 2.40. The summed E-state index contributed by atoms with van der Waals surface area (Å²) in [4.78, 5) is 24.6. The van der Waals surface area contributed by atoms with E-state index in [0.717, 1.165) is 5.56 Å². The molecule has 0 saturated carbocycles. The lowest BCUT2D eigenvalue weighted by molar-refractivity contribution is -0.160. The summed E-state index contributed by atoms with van der Waals surface area (Å²) >= 11 is 5.95. The van der Waals surface area contributed by atoms with Crippen molar-refractivity contribution >= 4 is 29.2 Å². The van der Waals surface area contributed by atoms with Gasteiger partial charge in [0.15, 0.2) is 12.2 Å². The van der Waals surface area contributed by atoms with Gasteiger partial charge in [0, 0.05) is 10.7 Å². The maximum absolute atomic E-state index is 12.3. The zero-order valence-corrected chi connectivity index (χ0v) is 15.7. The first kappa shape index (κ1) is 19.8. The number of para-hydroxylation sites is 1. The van der Waals surface area contributed by atoms with Gasteiger partial charge in [-0.15, -0.1) is 0 Å². The summed E-state index contributed by atoms with van der Waals surface area (Å²) in [7, 11) is 0. The Morgan fingerprint density at radius 3 is 2.50 bits per heavy atom. The van der Waals surface area contributed by atoms with Crippen LogP contribution in [0.4, 0.5) is 5.69 Å². The van der Waals surface area contributed by atoms with Crippen LogP contribution in [0.2, 0.25) is 5.02 Å². The standard InChI is InChI=1S/C20H22ClNO4/c1-4-18(26-16-8-6-5-7-9-16)20(24)25-14(3)19(23)22-17-12-15(21)11-10-13(17)2/h5-12,14,18H,4H2,1-3H3,(H,22,23)/t14-,18+/m0/s1. The number of hydrogen-bond acceptors (Lipinski definition) is 4. The number of benzene rings is 2. The number of aryl methyl sites for hydroxylation is 1. The minimum absolute atomic E-state index is 0.426. The molecule has 0 radical (unpaired) electrons. The summed E-state index contributed by atoms with van der Waals surface area (Å²) in [5, 5.41) is 3.23. The lowest BCUT2D eigenvalue weighted by atomic mass is 10.2. The number of carbonyl (C=O) groups excluding carboxylic acids is 2. The molecule has 0 bridgehead atoms. The summed E-state index contributed by atoms with van der Waals surface area (Å²) in [6, 6.07) is 14.2. The van der Waals surface area contributed by atoms with E-state index in [4.69, 9.17) is 21.1 Å². The Hall–Kier alpha value is -2.53. The van der Waals surface area contributed by atoms with Gasteiger partial charge in [-0.1, -0.05) is 42.8 Å². The molecular formula is C20H22ClNO4. The van der Waals surface area contributed by atoms with E-state index in [1.54, 1.807) is 30.3 Å². The molecule has 2 rings (SSSR count). The number of halogens is 1. The number of carbonyl (C=O) groups is 2. The molecule has 0 heterocycles. The first-order chi connectivity index (χ1) is 12.4. The van der Waals surface area contributed by atoms with Crippen LogP contribution in [0.3, 0.4) is 0 Å². The second-order valence-electron chi connectivity index (χ2n) is 5.86. The number of hydrogen-bond donors (Lipinski definition) is 1. The van der Waals surface area contributed by atoms with Gasteiger partial charge < -0.3 is 14.8 Å². The third-order valence-corrected chi connectivity index (χ3v) is 4.01. The number of ether oxygens (including phenoxy) is 2. The highest BCUT2D eigenvalue weighted by Crippen LogP contribution is 2.20. The molecule has 1 amide bonds. The summed E-state index contributed by atoms with van der Waals surface area (Å²) in [6.45, 7) is 5.18. The highest BCUT2D eigenvalue weighted by Gasteiger charge is 2.25. The Morgan fingerprint density at radius 1 is 1.15 bits per heavy atom. The van der Waals surface area contributed by atoms with Gasteiger partial charge in [-0.3, -0.25) is 4.79 Å². The smallest absolute Gasteiger partial charge is 0.348 e. The molecule has 2 aromatic carbocycles. The number of esters is 1. The van der Waals surface area contributed by atoms with Crippen molar-refractivity contribution in [2.24, 2.45) is 0 Å². The average molecular weight is 376 g/mol. The van der Waals surface area contributed by atoms with Crippen molar-refractivity contribution in [3.63, 3.8) is 0 Å². The largest absolute Gasteiger partial charge is 0.479 e. The normalized spacial score (nSPS) is 12.8. The molecule has 0 aliphatic carbocycles.